The maximum atomic E-state index is 10.4. The first kappa shape index (κ1) is 34.2. The standard InChI is InChI=1S/C24H52NO2.H3O4P/c1-5-7-9-11-13-14-15-16-18-20-22-25(23(3)26,24(4)27)21-19-17-12-10-8-6-2;1-5(2,3)4/h23-24,26-27H,5-22H2,1-4H3;(H3,1,2,3,4)/q+1;/p-1. The van der Waals surface area contributed by atoms with Crippen LogP contribution in [0.1, 0.15) is 130 Å². The minimum atomic E-state index is -4.89. The minimum absolute atomic E-state index is 0.463. The molecule has 32 heavy (non-hydrogen) atoms. The number of aliphatic hydroxyl groups is 2. The van der Waals surface area contributed by atoms with Gasteiger partial charge in [0.1, 0.15) is 0 Å². The van der Waals surface area contributed by atoms with E-state index in [0.717, 1.165) is 25.9 Å². The number of unbranched alkanes of at least 4 members (excludes halogenated alkanes) is 14. The average molecular weight is 484 g/mol. The Morgan fingerprint density at radius 2 is 0.844 bits per heavy atom. The summed E-state index contributed by atoms with van der Waals surface area (Å²) in [5.74, 6) is 0. The molecule has 0 aromatic carbocycles. The highest BCUT2D eigenvalue weighted by Crippen LogP contribution is 2.22. The van der Waals surface area contributed by atoms with Crippen LogP contribution in [0, 0.1) is 0 Å². The molecule has 0 aliphatic heterocycles. The molecule has 0 saturated heterocycles. The van der Waals surface area contributed by atoms with Gasteiger partial charge in [-0.15, -0.1) is 0 Å². The third-order valence-electron chi connectivity index (χ3n) is 6.34. The lowest BCUT2D eigenvalue weighted by atomic mass is 10.1. The van der Waals surface area contributed by atoms with Crippen molar-refractivity contribution in [3.8, 4) is 0 Å². The van der Waals surface area contributed by atoms with E-state index in [1.165, 1.54) is 89.9 Å². The lowest BCUT2D eigenvalue weighted by molar-refractivity contribution is -1.01. The van der Waals surface area contributed by atoms with Gasteiger partial charge >= 0.3 is 0 Å². The van der Waals surface area contributed by atoms with Gasteiger partial charge in [0, 0.05) is 13.8 Å². The first-order valence-corrected chi connectivity index (χ1v) is 14.5. The fourth-order valence-electron chi connectivity index (χ4n) is 4.25. The molecule has 8 heteroatoms. The maximum absolute atomic E-state index is 10.4. The van der Waals surface area contributed by atoms with Crippen LogP contribution in [0.2, 0.25) is 0 Å². The zero-order valence-electron chi connectivity index (χ0n) is 21.4. The molecular formula is C24H54NO6P. The molecule has 0 aromatic rings. The number of aliphatic hydroxyl groups excluding tert-OH is 2. The van der Waals surface area contributed by atoms with Crippen LogP contribution in [0.3, 0.4) is 0 Å². The number of rotatable bonds is 20. The summed E-state index contributed by atoms with van der Waals surface area (Å²) in [6.07, 6.45) is 19.8. The fraction of sp³-hybridized carbons (Fsp3) is 1.00. The number of hydrogen-bond donors (Lipinski definition) is 4. The topological polar surface area (TPSA) is 121 Å². The van der Waals surface area contributed by atoms with Gasteiger partial charge < -0.3 is 24.9 Å². The van der Waals surface area contributed by atoms with Gasteiger partial charge in [-0.2, -0.15) is 0 Å². The summed E-state index contributed by atoms with van der Waals surface area (Å²) in [6, 6.07) is 0. The van der Waals surface area contributed by atoms with Crippen molar-refractivity contribution < 1.29 is 33.9 Å². The Labute approximate surface area is 198 Å². The smallest absolute Gasteiger partial charge is 0.262 e. The van der Waals surface area contributed by atoms with Gasteiger partial charge in [0.25, 0.3) is 7.82 Å². The Morgan fingerprint density at radius 1 is 0.625 bits per heavy atom. The van der Waals surface area contributed by atoms with E-state index in [-0.39, 0.29) is 0 Å². The maximum Gasteiger partial charge on any atom is 0.262 e. The van der Waals surface area contributed by atoms with Gasteiger partial charge in [-0.1, -0.05) is 90.9 Å². The molecule has 0 rings (SSSR count). The molecule has 0 saturated carbocycles. The molecule has 0 heterocycles. The van der Waals surface area contributed by atoms with Crippen molar-refractivity contribution in [3.05, 3.63) is 0 Å². The van der Waals surface area contributed by atoms with Crippen LogP contribution in [-0.4, -0.2) is 50.0 Å². The van der Waals surface area contributed by atoms with Gasteiger partial charge in [0.2, 0.25) is 0 Å². The summed E-state index contributed by atoms with van der Waals surface area (Å²) in [5.41, 5.74) is 0. The Bertz CT molecular complexity index is 426. The van der Waals surface area contributed by atoms with Crippen molar-refractivity contribution in [2.24, 2.45) is 0 Å². The molecule has 0 bridgehead atoms. The Balaban J connectivity index is 0. The summed E-state index contributed by atoms with van der Waals surface area (Å²) in [7, 11) is -4.89. The van der Waals surface area contributed by atoms with Crippen molar-refractivity contribution in [1.29, 1.82) is 0 Å². The van der Waals surface area contributed by atoms with Gasteiger partial charge in [-0.3, -0.25) is 9.05 Å². The molecule has 0 aliphatic rings. The van der Waals surface area contributed by atoms with Gasteiger partial charge in [0.05, 0.1) is 13.1 Å². The predicted molar refractivity (Wildman–Crippen MR) is 131 cm³/mol. The third kappa shape index (κ3) is 21.8. The van der Waals surface area contributed by atoms with Crippen molar-refractivity contribution in [2.75, 3.05) is 13.1 Å². The van der Waals surface area contributed by atoms with Gasteiger partial charge in [-0.05, 0) is 25.7 Å². The Morgan fingerprint density at radius 3 is 1.06 bits per heavy atom. The highest BCUT2D eigenvalue weighted by Gasteiger charge is 2.36. The van der Waals surface area contributed by atoms with E-state index >= 15 is 0 Å². The first-order valence-electron chi connectivity index (χ1n) is 13.0. The molecule has 0 aliphatic carbocycles. The number of quaternary nitrogens is 1. The molecule has 0 spiro atoms. The van der Waals surface area contributed by atoms with Crippen LogP contribution in [0.25, 0.3) is 0 Å². The zero-order valence-corrected chi connectivity index (χ0v) is 22.3. The molecule has 2 unspecified atom stereocenters. The van der Waals surface area contributed by atoms with Crippen LogP contribution in [-0.2, 0) is 4.57 Å². The van der Waals surface area contributed by atoms with E-state index < -0.39 is 20.3 Å². The van der Waals surface area contributed by atoms with E-state index in [2.05, 4.69) is 13.8 Å². The minimum Gasteiger partial charge on any atom is -0.756 e. The van der Waals surface area contributed by atoms with Gasteiger partial charge in [-0.25, -0.2) is 0 Å². The lowest BCUT2D eigenvalue weighted by Crippen LogP contribution is -2.60. The van der Waals surface area contributed by atoms with Crippen LogP contribution in [0.4, 0.5) is 0 Å². The normalized spacial score (nSPS) is 15.5. The van der Waals surface area contributed by atoms with Crippen molar-refractivity contribution >= 4 is 7.82 Å². The van der Waals surface area contributed by atoms with Gasteiger partial charge in [0.15, 0.2) is 12.5 Å². The molecule has 0 aromatic heterocycles. The van der Waals surface area contributed by atoms with E-state index in [1.807, 2.05) is 13.8 Å². The monoisotopic (exact) mass is 483 g/mol. The molecule has 196 valence electrons. The summed E-state index contributed by atoms with van der Waals surface area (Å²) < 4.78 is 9.23. The van der Waals surface area contributed by atoms with E-state index in [0.29, 0.717) is 4.48 Å². The molecular weight excluding hydrogens is 429 g/mol. The highest BCUT2D eigenvalue weighted by molar-refractivity contribution is 7.43. The van der Waals surface area contributed by atoms with Crippen LogP contribution in [0.5, 0.6) is 0 Å². The molecule has 0 amide bonds. The SMILES string of the molecule is CCCCCCCCCCCC[N+](CCCCCCCC)(C(C)O)C(C)O.O=P([O-])(O)O. The largest absolute Gasteiger partial charge is 0.756 e. The Kier molecular flexibility index (Phi) is 23.0. The molecule has 7 nitrogen and oxygen atoms in total. The van der Waals surface area contributed by atoms with E-state index in [1.54, 1.807) is 0 Å². The van der Waals surface area contributed by atoms with Crippen molar-refractivity contribution in [3.63, 3.8) is 0 Å². The fourth-order valence-corrected chi connectivity index (χ4v) is 4.25. The van der Waals surface area contributed by atoms with E-state index in [9.17, 15) is 10.2 Å². The quantitative estimate of drug-likeness (QED) is 0.0817. The average Bonchev–Trinajstić information content (AvgIpc) is 2.68. The summed E-state index contributed by atoms with van der Waals surface area (Å²) in [4.78, 5) is 22.9. The molecule has 0 fully saturated rings. The molecule has 4 N–H and O–H groups in total. The van der Waals surface area contributed by atoms with E-state index in [4.69, 9.17) is 19.2 Å². The van der Waals surface area contributed by atoms with Crippen molar-refractivity contribution in [1.82, 2.24) is 0 Å². The summed E-state index contributed by atoms with van der Waals surface area (Å²) in [5, 5.41) is 20.9. The molecule has 0 radical (unpaired) electrons. The lowest BCUT2D eigenvalue weighted by Gasteiger charge is -2.43. The van der Waals surface area contributed by atoms with Crippen molar-refractivity contribution in [2.45, 2.75) is 143 Å². The molecule has 2 atom stereocenters. The summed E-state index contributed by atoms with van der Waals surface area (Å²) in [6.45, 7) is 10.0. The number of nitrogens with zero attached hydrogens (tertiary/aromatic N) is 1. The zero-order chi connectivity index (χ0) is 24.9. The first-order chi connectivity index (χ1) is 15.0. The third-order valence-corrected chi connectivity index (χ3v) is 6.34. The second-order valence-electron chi connectivity index (χ2n) is 9.25. The number of hydrogen-bond acceptors (Lipinski definition) is 4. The van der Waals surface area contributed by atoms with Crippen LogP contribution in [0.15, 0.2) is 0 Å². The number of phosphoric acid groups is 1. The Hall–Kier alpha value is -0.0100. The van der Waals surface area contributed by atoms with Crippen LogP contribution >= 0.6 is 7.82 Å². The second kappa shape index (κ2) is 21.5. The second-order valence-corrected chi connectivity index (χ2v) is 10.2. The van der Waals surface area contributed by atoms with Crippen LogP contribution < -0.4 is 4.89 Å². The predicted octanol–water partition coefficient (Wildman–Crippen LogP) is 5.20. The summed E-state index contributed by atoms with van der Waals surface area (Å²) >= 11 is 0. The highest BCUT2D eigenvalue weighted by atomic mass is 31.2.